The van der Waals surface area contributed by atoms with Gasteiger partial charge in [0, 0.05) is 29.6 Å². The Balaban J connectivity index is 0.00000312. The number of anilines is 1. The predicted octanol–water partition coefficient (Wildman–Crippen LogP) is 3.45. The van der Waals surface area contributed by atoms with Crippen molar-refractivity contribution in [3.63, 3.8) is 0 Å². The van der Waals surface area contributed by atoms with E-state index < -0.39 is 0 Å². The quantitative estimate of drug-likeness (QED) is 0.343. The van der Waals surface area contributed by atoms with Crippen molar-refractivity contribution in [1.29, 1.82) is 0 Å². The lowest BCUT2D eigenvalue weighted by Crippen LogP contribution is -2.45. The van der Waals surface area contributed by atoms with Crippen LogP contribution in [-0.2, 0) is 10.2 Å². The molecule has 3 N–H and O–H groups in total. The molecular weight excluding hydrogens is 447 g/mol. The van der Waals surface area contributed by atoms with Crippen LogP contribution in [0.2, 0.25) is 0 Å². The Morgan fingerprint density at radius 1 is 1.12 bits per heavy atom. The van der Waals surface area contributed by atoms with Gasteiger partial charge in [-0.3, -0.25) is 9.79 Å². The number of rotatable bonds is 6. The van der Waals surface area contributed by atoms with Gasteiger partial charge in [0.2, 0.25) is 5.91 Å². The molecule has 0 aliphatic carbocycles. The zero-order valence-corrected chi connectivity index (χ0v) is 17.9. The largest absolute Gasteiger partial charge is 0.356 e. The summed E-state index contributed by atoms with van der Waals surface area (Å²) in [5.41, 5.74) is 0.782. The molecule has 1 heterocycles. The molecule has 5 nitrogen and oxygen atoms in total. The highest BCUT2D eigenvalue weighted by Gasteiger charge is 2.21. The summed E-state index contributed by atoms with van der Waals surface area (Å²) in [6, 6.07) is 13.6. The third-order valence-electron chi connectivity index (χ3n) is 3.58. The summed E-state index contributed by atoms with van der Waals surface area (Å²) < 4.78 is 0. The fraction of sp³-hybridized carbons (Fsp3) is 0.333. The average molecular weight is 472 g/mol. The summed E-state index contributed by atoms with van der Waals surface area (Å²) in [6.45, 7) is 5.25. The van der Waals surface area contributed by atoms with Crippen LogP contribution in [0.4, 0.5) is 5.69 Å². The normalized spacial score (nSPS) is 11.4. The van der Waals surface area contributed by atoms with Crippen LogP contribution in [-0.4, -0.2) is 32.0 Å². The standard InChI is InChI=1S/C18H24N4OS.HI/c1-18(2,15-10-7-11-24-15)13-21-17(19-3)20-12-16(23)22-14-8-5-4-6-9-14;/h4-11H,12-13H2,1-3H3,(H,22,23)(H2,19,20,21);1H. The van der Waals surface area contributed by atoms with E-state index in [1.165, 1.54) is 4.88 Å². The molecule has 2 rings (SSSR count). The lowest BCUT2D eigenvalue weighted by Gasteiger charge is -2.25. The van der Waals surface area contributed by atoms with Gasteiger partial charge < -0.3 is 16.0 Å². The van der Waals surface area contributed by atoms with Crippen LogP contribution < -0.4 is 16.0 Å². The van der Waals surface area contributed by atoms with E-state index in [4.69, 9.17) is 0 Å². The number of amides is 1. The molecule has 0 fully saturated rings. The van der Waals surface area contributed by atoms with Crippen molar-refractivity contribution >= 4 is 52.9 Å². The monoisotopic (exact) mass is 472 g/mol. The van der Waals surface area contributed by atoms with Gasteiger partial charge in [-0.05, 0) is 23.6 Å². The Hall–Kier alpha value is -1.61. The average Bonchev–Trinajstić information content (AvgIpc) is 3.11. The molecule has 0 bridgehead atoms. The van der Waals surface area contributed by atoms with Crippen molar-refractivity contribution in [2.75, 3.05) is 25.5 Å². The number of para-hydroxylation sites is 1. The lowest BCUT2D eigenvalue weighted by molar-refractivity contribution is -0.115. The Morgan fingerprint density at radius 2 is 1.84 bits per heavy atom. The molecule has 25 heavy (non-hydrogen) atoms. The lowest BCUT2D eigenvalue weighted by atomic mass is 9.91. The number of thiophene rings is 1. The molecule has 0 aliphatic rings. The number of benzene rings is 1. The van der Waals surface area contributed by atoms with Gasteiger partial charge in [0.25, 0.3) is 0 Å². The van der Waals surface area contributed by atoms with Gasteiger partial charge in [-0.2, -0.15) is 0 Å². The van der Waals surface area contributed by atoms with Crippen molar-refractivity contribution in [3.8, 4) is 0 Å². The van der Waals surface area contributed by atoms with E-state index in [0.29, 0.717) is 5.96 Å². The third kappa shape index (κ3) is 7.03. The first-order valence-corrected chi connectivity index (χ1v) is 8.72. The fourth-order valence-corrected chi connectivity index (χ4v) is 3.02. The predicted molar refractivity (Wildman–Crippen MR) is 117 cm³/mol. The molecule has 7 heteroatoms. The SMILES string of the molecule is CN=C(NCC(=O)Nc1ccccc1)NCC(C)(C)c1cccs1.I. The summed E-state index contributed by atoms with van der Waals surface area (Å²) in [7, 11) is 1.70. The topological polar surface area (TPSA) is 65.5 Å². The van der Waals surface area contributed by atoms with Crippen molar-refractivity contribution in [2.45, 2.75) is 19.3 Å². The first kappa shape index (κ1) is 21.4. The molecule has 136 valence electrons. The second kappa shape index (κ2) is 10.4. The van der Waals surface area contributed by atoms with Crippen LogP contribution in [0.5, 0.6) is 0 Å². The number of halogens is 1. The molecule has 0 radical (unpaired) electrons. The van der Waals surface area contributed by atoms with Gasteiger partial charge in [0.1, 0.15) is 0 Å². The summed E-state index contributed by atoms with van der Waals surface area (Å²) in [4.78, 5) is 17.4. The van der Waals surface area contributed by atoms with Gasteiger partial charge in [-0.15, -0.1) is 35.3 Å². The number of carbonyl (C=O) groups excluding carboxylic acids is 1. The van der Waals surface area contributed by atoms with E-state index in [1.807, 2.05) is 30.3 Å². The van der Waals surface area contributed by atoms with Gasteiger partial charge in [0.15, 0.2) is 5.96 Å². The summed E-state index contributed by atoms with van der Waals surface area (Å²) in [5, 5.41) is 11.2. The van der Waals surface area contributed by atoms with Gasteiger partial charge in [0.05, 0.1) is 6.54 Å². The third-order valence-corrected chi connectivity index (χ3v) is 4.82. The maximum Gasteiger partial charge on any atom is 0.243 e. The number of hydrogen-bond acceptors (Lipinski definition) is 3. The van der Waals surface area contributed by atoms with Crippen LogP contribution in [0.25, 0.3) is 0 Å². The van der Waals surface area contributed by atoms with E-state index in [2.05, 4.69) is 52.3 Å². The Morgan fingerprint density at radius 3 is 2.44 bits per heavy atom. The number of nitrogens with zero attached hydrogens (tertiary/aromatic N) is 1. The van der Waals surface area contributed by atoms with Crippen LogP contribution >= 0.6 is 35.3 Å². The van der Waals surface area contributed by atoms with Gasteiger partial charge in [-0.1, -0.05) is 38.1 Å². The minimum Gasteiger partial charge on any atom is -0.356 e. The van der Waals surface area contributed by atoms with Crippen LogP contribution in [0.3, 0.4) is 0 Å². The molecule has 0 saturated heterocycles. The number of carbonyl (C=O) groups is 1. The second-order valence-electron chi connectivity index (χ2n) is 6.05. The molecule has 0 spiro atoms. The molecular formula is C18H25IN4OS. The summed E-state index contributed by atoms with van der Waals surface area (Å²) in [6.07, 6.45) is 0. The van der Waals surface area contributed by atoms with Gasteiger partial charge >= 0.3 is 0 Å². The molecule has 1 aromatic heterocycles. The van der Waals surface area contributed by atoms with E-state index in [1.54, 1.807) is 18.4 Å². The highest BCUT2D eigenvalue weighted by molar-refractivity contribution is 14.0. The number of hydrogen-bond donors (Lipinski definition) is 3. The van der Waals surface area contributed by atoms with Crippen LogP contribution in [0.15, 0.2) is 52.8 Å². The smallest absolute Gasteiger partial charge is 0.243 e. The van der Waals surface area contributed by atoms with Gasteiger partial charge in [-0.25, -0.2) is 0 Å². The minimum absolute atomic E-state index is 0. The Bertz CT molecular complexity index is 672. The zero-order valence-electron chi connectivity index (χ0n) is 14.7. The Kier molecular flexibility index (Phi) is 8.91. The highest BCUT2D eigenvalue weighted by Crippen LogP contribution is 2.26. The van der Waals surface area contributed by atoms with Crippen LogP contribution in [0, 0.1) is 0 Å². The van der Waals surface area contributed by atoms with Crippen molar-refractivity contribution < 1.29 is 4.79 Å². The van der Waals surface area contributed by atoms with Crippen LogP contribution in [0.1, 0.15) is 18.7 Å². The second-order valence-corrected chi connectivity index (χ2v) is 7.00. The molecule has 2 aromatic rings. The first-order valence-electron chi connectivity index (χ1n) is 7.85. The Labute approximate surface area is 170 Å². The van der Waals surface area contributed by atoms with E-state index in [-0.39, 0.29) is 41.8 Å². The fourth-order valence-electron chi connectivity index (χ4n) is 2.17. The maximum absolute atomic E-state index is 12.0. The molecule has 0 unspecified atom stereocenters. The maximum atomic E-state index is 12.0. The minimum atomic E-state index is -0.110. The van der Waals surface area contributed by atoms with Crippen molar-refractivity contribution in [2.24, 2.45) is 4.99 Å². The molecule has 1 amide bonds. The first-order chi connectivity index (χ1) is 11.5. The molecule has 0 saturated carbocycles. The highest BCUT2D eigenvalue weighted by atomic mass is 127. The van der Waals surface area contributed by atoms with E-state index in [9.17, 15) is 4.79 Å². The summed E-state index contributed by atoms with van der Waals surface area (Å²) >= 11 is 1.74. The number of aliphatic imine (C=N–C) groups is 1. The number of guanidine groups is 1. The zero-order chi connectivity index (χ0) is 17.4. The van der Waals surface area contributed by atoms with E-state index in [0.717, 1.165) is 12.2 Å². The number of nitrogens with one attached hydrogen (secondary N) is 3. The molecule has 0 atom stereocenters. The summed E-state index contributed by atoms with van der Waals surface area (Å²) in [5.74, 6) is 0.504. The molecule has 1 aromatic carbocycles. The van der Waals surface area contributed by atoms with Crippen molar-refractivity contribution in [3.05, 3.63) is 52.7 Å². The van der Waals surface area contributed by atoms with E-state index >= 15 is 0 Å². The molecule has 0 aliphatic heterocycles. The van der Waals surface area contributed by atoms with Crippen molar-refractivity contribution in [1.82, 2.24) is 10.6 Å².